The van der Waals surface area contributed by atoms with Crippen molar-refractivity contribution in [2.75, 3.05) is 26.7 Å². The molecule has 1 fully saturated rings. The van der Waals surface area contributed by atoms with Crippen LogP contribution in [0.4, 0.5) is 0 Å². The molecule has 0 aromatic carbocycles. The van der Waals surface area contributed by atoms with E-state index in [2.05, 4.69) is 33.7 Å². The van der Waals surface area contributed by atoms with Gasteiger partial charge in [-0.15, -0.1) is 0 Å². The van der Waals surface area contributed by atoms with E-state index in [4.69, 9.17) is 0 Å². The van der Waals surface area contributed by atoms with Gasteiger partial charge in [-0.3, -0.25) is 0 Å². The second-order valence-corrected chi connectivity index (χ2v) is 5.79. The largest absolute Gasteiger partial charge is 0.333 e. The van der Waals surface area contributed by atoms with Crippen LogP contribution in [0.1, 0.15) is 38.3 Å². The van der Waals surface area contributed by atoms with Crippen LogP contribution < -0.4 is 5.32 Å². The molecule has 0 aliphatic carbocycles. The van der Waals surface area contributed by atoms with Crippen LogP contribution in [-0.2, 0) is 13.1 Å². The summed E-state index contributed by atoms with van der Waals surface area (Å²) in [6.07, 6.45) is 9.17. The second-order valence-electron chi connectivity index (χ2n) is 5.79. The van der Waals surface area contributed by atoms with Crippen molar-refractivity contribution in [3.63, 3.8) is 0 Å². The van der Waals surface area contributed by atoms with E-state index >= 15 is 0 Å². The van der Waals surface area contributed by atoms with E-state index in [0.717, 1.165) is 25.6 Å². The maximum Gasteiger partial charge on any atom is 0.0948 e. The summed E-state index contributed by atoms with van der Waals surface area (Å²) in [5.74, 6) is 0.898. The first kappa shape index (κ1) is 14.5. The normalized spacial score (nSPS) is 18.0. The summed E-state index contributed by atoms with van der Waals surface area (Å²) >= 11 is 0. The molecule has 0 atom stereocenters. The van der Waals surface area contributed by atoms with Crippen molar-refractivity contribution >= 4 is 0 Å². The summed E-state index contributed by atoms with van der Waals surface area (Å²) in [4.78, 5) is 6.73. The molecule has 1 aromatic rings. The van der Waals surface area contributed by atoms with Gasteiger partial charge in [0, 0.05) is 19.3 Å². The van der Waals surface area contributed by atoms with Crippen LogP contribution in [0, 0.1) is 5.92 Å². The average molecular weight is 264 g/mol. The molecule has 19 heavy (non-hydrogen) atoms. The number of hydrogen-bond acceptors (Lipinski definition) is 3. The van der Waals surface area contributed by atoms with E-state index in [-0.39, 0.29) is 0 Å². The van der Waals surface area contributed by atoms with Gasteiger partial charge in [0.2, 0.25) is 0 Å². The number of rotatable bonds is 7. The molecule has 1 aliphatic heterocycles. The SMILES string of the molecule is CCCNCc1cncn1CCC1CCN(C)CC1. The lowest BCUT2D eigenvalue weighted by atomic mass is 9.94. The van der Waals surface area contributed by atoms with Gasteiger partial charge >= 0.3 is 0 Å². The van der Waals surface area contributed by atoms with Crippen molar-refractivity contribution in [3.05, 3.63) is 18.2 Å². The van der Waals surface area contributed by atoms with Crippen molar-refractivity contribution in [2.24, 2.45) is 5.92 Å². The highest BCUT2D eigenvalue weighted by atomic mass is 15.1. The third-order valence-electron chi connectivity index (χ3n) is 4.15. The van der Waals surface area contributed by atoms with Crippen molar-refractivity contribution < 1.29 is 0 Å². The van der Waals surface area contributed by atoms with Gasteiger partial charge in [-0.2, -0.15) is 0 Å². The molecule has 0 saturated carbocycles. The third-order valence-corrected chi connectivity index (χ3v) is 4.15. The van der Waals surface area contributed by atoms with E-state index in [1.54, 1.807) is 0 Å². The molecule has 4 nitrogen and oxygen atoms in total. The van der Waals surface area contributed by atoms with E-state index in [1.807, 2.05) is 12.5 Å². The van der Waals surface area contributed by atoms with Gasteiger partial charge in [-0.05, 0) is 58.3 Å². The van der Waals surface area contributed by atoms with Crippen molar-refractivity contribution in [1.29, 1.82) is 0 Å². The quantitative estimate of drug-likeness (QED) is 0.766. The van der Waals surface area contributed by atoms with E-state index in [0.29, 0.717) is 0 Å². The molecule has 0 unspecified atom stereocenters. The van der Waals surface area contributed by atoms with Gasteiger partial charge < -0.3 is 14.8 Å². The molecule has 0 bridgehead atoms. The highest BCUT2D eigenvalue weighted by Crippen LogP contribution is 2.20. The summed E-state index contributed by atoms with van der Waals surface area (Å²) in [5.41, 5.74) is 1.32. The molecule has 1 saturated heterocycles. The molecule has 2 rings (SSSR count). The summed E-state index contributed by atoms with van der Waals surface area (Å²) in [7, 11) is 2.23. The third kappa shape index (κ3) is 4.62. The zero-order chi connectivity index (χ0) is 13.5. The van der Waals surface area contributed by atoms with Crippen LogP contribution >= 0.6 is 0 Å². The van der Waals surface area contributed by atoms with Crippen molar-refractivity contribution in [1.82, 2.24) is 19.8 Å². The van der Waals surface area contributed by atoms with E-state index in [1.165, 1.54) is 44.5 Å². The number of hydrogen-bond donors (Lipinski definition) is 1. The molecular weight excluding hydrogens is 236 g/mol. The maximum absolute atomic E-state index is 4.29. The molecule has 2 heterocycles. The number of nitrogens with zero attached hydrogens (tertiary/aromatic N) is 3. The van der Waals surface area contributed by atoms with Crippen LogP contribution in [-0.4, -0.2) is 41.1 Å². The monoisotopic (exact) mass is 264 g/mol. The van der Waals surface area contributed by atoms with Crippen LogP contribution in [0.3, 0.4) is 0 Å². The first-order valence-corrected chi connectivity index (χ1v) is 7.68. The minimum Gasteiger partial charge on any atom is -0.333 e. The Morgan fingerprint density at radius 2 is 2.16 bits per heavy atom. The zero-order valence-electron chi connectivity index (χ0n) is 12.4. The predicted octanol–water partition coefficient (Wildman–Crippen LogP) is 2.11. The van der Waals surface area contributed by atoms with Gasteiger partial charge in [0.25, 0.3) is 0 Å². The molecule has 1 N–H and O–H groups in total. The summed E-state index contributed by atoms with van der Waals surface area (Å²) in [5, 5.41) is 3.45. The number of imidazole rings is 1. The Bertz CT molecular complexity index is 353. The highest BCUT2D eigenvalue weighted by Gasteiger charge is 2.16. The zero-order valence-corrected chi connectivity index (χ0v) is 12.4. The number of aromatic nitrogens is 2. The maximum atomic E-state index is 4.29. The Morgan fingerprint density at radius 1 is 1.37 bits per heavy atom. The Kier molecular flexibility index (Phi) is 5.86. The molecule has 0 spiro atoms. The summed E-state index contributed by atoms with van der Waals surface area (Å²) in [6.45, 7) is 7.88. The molecule has 108 valence electrons. The van der Waals surface area contributed by atoms with E-state index < -0.39 is 0 Å². The number of nitrogens with one attached hydrogen (secondary N) is 1. The van der Waals surface area contributed by atoms with Crippen LogP contribution in [0.15, 0.2) is 12.5 Å². The molecule has 1 aliphatic rings. The lowest BCUT2D eigenvalue weighted by molar-refractivity contribution is 0.207. The summed E-state index contributed by atoms with van der Waals surface area (Å²) < 4.78 is 2.32. The predicted molar refractivity (Wildman–Crippen MR) is 79.1 cm³/mol. The average Bonchev–Trinajstić information content (AvgIpc) is 2.86. The fourth-order valence-corrected chi connectivity index (χ4v) is 2.76. The van der Waals surface area contributed by atoms with Crippen LogP contribution in [0.5, 0.6) is 0 Å². The Hall–Kier alpha value is -0.870. The smallest absolute Gasteiger partial charge is 0.0948 e. The lowest BCUT2D eigenvalue weighted by Crippen LogP contribution is -2.30. The van der Waals surface area contributed by atoms with Crippen LogP contribution in [0.25, 0.3) is 0 Å². The standard InChI is InChI=1S/C15H28N4/c1-3-7-16-11-15-12-17-13-19(15)10-6-14-4-8-18(2)9-5-14/h12-14,16H,3-11H2,1-2H3. The van der Waals surface area contributed by atoms with Gasteiger partial charge in [0.15, 0.2) is 0 Å². The van der Waals surface area contributed by atoms with Gasteiger partial charge in [-0.1, -0.05) is 6.92 Å². The minimum atomic E-state index is 0.898. The second kappa shape index (κ2) is 7.65. The van der Waals surface area contributed by atoms with Crippen molar-refractivity contribution in [3.8, 4) is 0 Å². The van der Waals surface area contributed by atoms with Gasteiger partial charge in [-0.25, -0.2) is 4.98 Å². The van der Waals surface area contributed by atoms with Crippen molar-refractivity contribution in [2.45, 2.75) is 45.7 Å². The fourth-order valence-electron chi connectivity index (χ4n) is 2.76. The first-order chi connectivity index (χ1) is 9.29. The Labute approximate surface area is 117 Å². The number of aryl methyl sites for hydroxylation is 1. The Balaban J connectivity index is 1.74. The van der Waals surface area contributed by atoms with Gasteiger partial charge in [0.05, 0.1) is 12.0 Å². The highest BCUT2D eigenvalue weighted by molar-refractivity contribution is 4.97. The molecule has 4 heteroatoms. The summed E-state index contributed by atoms with van der Waals surface area (Å²) in [6, 6.07) is 0. The number of piperidine rings is 1. The molecule has 0 radical (unpaired) electrons. The first-order valence-electron chi connectivity index (χ1n) is 7.68. The fraction of sp³-hybridized carbons (Fsp3) is 0.800. The van der Waals surface area contributed by atoms with Gasteiger partial charge in [0.1, 0.15) is 0 Å². The molecule has 1 aromatic heterocycles. The Morgan fingerprint density at radius 3 is 2.89 bits per heavy atom. The topological polar surface area (TPSA) is 33.1 Å². The minimum absolute atomic E-state index is 0.898. The van der Waals surface area contributed by atoms with E-state index in [9.17, 15) is 0 Å². The molecular formula is C15H28N4. The number of likely N-dealkylation sites (tertiary alicyclic amines) is 1. The molecule has 0 amide bonds. The van der Waals surface area contributed by atoms with Crippen LogP contribution in [0.2, 0.25) is 0 Å². The lowest BCUT2D eigenvalue weighted by Gasteiger charge is -2.29.